The van der Waals surface area contributed by atoms with E-state index >= 15 is 0 Å². The lowest BCUT2D eigenvalue weighted by atomic mass is 10.0. The van der Waals surface area contributed by atoms with Gasteiger partial charge in [-0.3, -0.25) is 16.0 Å². The molecule has 1 aliphatic rings. The average molecular weight is 736 g/mol. The first-order valence-corrected chi connectivity index (χ1v) is 19.6. The number of nitrogens with zero attached hydrogens (tertiary/aromatic N) is 2. The topological polar surface area (TPSA) is 59.1 Å². The Bertz CT molecular complexity index is 3230. The summed E-state index contributed by atoms with van der Waals surface area (Å²) < 4.78 is 11.7. The fourth-order valence-corrected chi connectivity index (χ4v) is 9.26. The van der Waals surface area contributed by atoms with Gasteiger partial charge in [0.05, 0.1) is 40.6 Å². The SMILES string of the molecule is c1ccc(C2NC(c3ccccc3)NC(c3ccc(-n4c5c(ccc6c7ccccc7oc65)c5ccc6c(c7ccccc7n6-c6ccccc6)c54)cc3)N2)cc1. The fraction of sp³-hybridized carbons (Fsp3) is 0.0588. The maximum atomic E-state index is 6.81. The molecule has 0 aliphatic carbocycles. The van der Waals surface area contributed by atoms with E-state index in [1.54, 1.807) is 0 Å². The second-order valence-electron chi connectivity index (χ2n) is 15.0. The summed E-state index contributed by atoms with van der Waals surface area (Å²) in [6.45, 7) is 0. The summed E-state index contributed by atoms with van der Waals surface area (Å²) in [5, 5.41) is 18.5. The standard InChI is InChI=1S/C51H37N5O/c1-4-14-32(15-5-1)49-52-50(33-16-6-2-7-17-33)54-51(53-49)34-24-26-36(27-25-34)56-46-38(39-28-29-40-37-20-11-13-23-44(37)57-48(40)47(39)56)30-31-43-45(46)41-21-10-12-22-42(41)55(43)35-18-8-3-9-19-35/h1-31,49-54H. The number of hydrogen-bond donors (Lipinski definition) is 3. The molecule has 3 N–H and O–H groups in total. The maximum absolute atomic E-state index is 6.81. The quantitative estimate of drug-likeness (QED) is 0.165. The predicted molar refractivity (Wildman–Crippen MR) is 233 cm³/mol. The van der Waals surface area contributed by atoms with Gasteiger partial charge in [0.15, 0.2) is 5.58 Å². The number of aromatic nitrogens is 2. The molecule has 6 heteroatoms. The first-order valence-electron chi connectivity index (χ1n) is 19.6. The van der Waals surface area contributed by atoms with Gasteiger partial charge in [-0.25, -0.2) is 0 Å². The highest BCUT2D eigenvalue weighted by Crippen LogP contribution is 2.45. The highest BCUT2D eigenvalue weighted by molar-refractivity contribution is 6.29. The molecule has 0 bridgehead atoms. The van der Waals surface area contributed by atoms with Gasteiger partial charge in [0.25, 0.3) is 0 Å². The van der Waals surface area contributed by atoms with E-state index in [0.29, 0.717) is 0 Å². The van der Waals surface area contributed by atoms with Crippen LogP contribution >= 0.6 is 0 Å². The van der Waals surface area contributed by atoms with Crippen LogP contribution in [0.15, 0.2) is 192 Å². The molecule has 2 unspecified atom stereocenters. The second kappa shape index (κ2) is 12.8. The molecule has 3 aromatic heterocycles. The average Bonchev–Trinajstić information content (AvgIpc) is 3.95. The summed E-state index contributed by atoms with van der Waals surface area (Å²) >= 11 is 0. The van der Waals surface area contributed by atoms with Gasteiger partial charge in [-0.15, -0.1) is 0 Å². The number of benzene rings is 8. The number of nitrogens with one attached hydrogen (secondary N) is 3. The Morgan fingerprint density at radius 1 is 0.351 bits per heavy atom. The molecular weight excluding hydrogens is 699 g/mol. The third kappa shape index (κ3) is 5.02. The molecule has 0 radical (unpaired) electrons. The summed E-state index contributed by atoms with van der Waals surface area (Å²) in [7, 11) is 0. The van der Waals surface area contributed by atoms with E-state index in [0.717, 1.165) is 49.8 Å². The number of para-hydroxylation sites is 3. The Morgan fingerprint density at radius 3 is 1.54 bits per heavy atom. The van der Waals surface area contributed by atoms with Gasteiger partial charge in [0, 0.05) is 43.7 Å². The van der Waals surface area contributed by atoms with Crippen molar-refractivity contribution < 1.29 is 4.42 Å². The van der Waals surface area contributed by atoms with E-state index in [4.69, 9.17) is 4.42 Å². The van der Waals surface area contributed by atoms with Crippen molar-refractivity contribution in [3.05, 3.63) is 205 Å². The molecule has 4 heterocycles. The van der Waals surface area contributed by atoms with Crippen molar-refractivity contribution in [2.45, 2.75) is 18.5 Å². The first-order chi connectivity index (χ1) is 28.3. The molecule has 1 saturated heterocycles. The lowest BCUT2D eigenvalue weighted by Gasteiger charge is -2.39. The Kier molecular flexibility index (Phi) is 7.25. The Balaban J connectivity index is 1.09. The van der Waals surface area contributed by atoms with E-state index in [2.05, 4.69) is 207 Å². The minimum absolute atomic E-state index is 0.0451. The highest BCUT2D eigenvalue weighted by atomic mass is 16.3. The normalized spacial score (nSPS) is 17.4. The van der Waals surface area contributed by atoms with E-state index < -0.39 is 0 Å². The third-order valence-corrected chi connectivity index (χ3v) is 11.8. The zero-order valence-electron chi connectivity index (χ0n) is 30.9. The van der Waals surface area contributed by atoms with Crippen LogP contribution in [0.2, 0.25) is 0 Å². The molecule has 0 amide bonds. The molecule has 11 aromatic rings. The maximum Gasteiger partial charge on any atom is 0.160 e. The van der Waals surface area contributed by atoms with Crippen LogP contribution in [-0.4, -0.2) is 9.13 Å². The van der Waals surface area contributed by atoms with Crippen molar-refractivity contribution in [3.8, 4) is 11.4 Å². The van der Waals surface area contributed by atoms with Gasteiger partial charge in [0.2, 0.25) is 0 Å². The van der Waals surface area contributed by atoms with E-state index in [-0.39, 0.29) is 18.5 Å². The molecule has 0 saturated carbocycles. The smallest absolute Gasteiger partial charge is 0.160 e. The highest BCUT2D eigenvalue weighted by Gasteiger charge is 2.30. The van der Waals surface area contributed by atoms with Gasteiger partial charge >= 0.3 is 0 Å². The van der Waals surface area contributed by atoms with Gasteiger partial charge in [0.1, 0.15) is 5.58 Å². The molecule has 6 nitrogen and oxygen atoms in total. The van der Waals surface area contributed by atoms with Crippen molar-refractivity contribution in [1.82, 2.24) is 25.1 Å². The number of rotatable bonds is 5. The van der Waals surface area contributed by atoms with Gasteiger partial charge in [-0.1, -0.05) is 140 Å². The molecule has 57 heavy (non-hydrogen) atoms. The molecule has 2 atom stereocenters. The van der Waals surface area contributed by atoms with Crippen LogP contribution in [0.5, 0.6) is 0 Å². The summed E-state index contributed by atoms with van der Waals surface area (Å²) in [6, 6.07) is 67.2. The van der Waals surface area contributed by atoms with Crippen LogP contribution in [-0.2, 0) is 0 Å². The van der Waals surface area contributed by atoms with Crippen LogP contribution in [0.3, 0.4) is 0 Å². The van der Waals surface area contributed by atoms with Gasteiger partial charge < -0.3 is 13.6 Å². The number of fused-ring (bicyclic) bond motifs is 11. The van der Waals surface area contributed by atoms with E-state index in [1.165, 1.54) is 43.8 Å². The third-order valence-electron chi connectivity index (χ3n) is 11.8. The number of furan rings is 1. The summed E-state index contributed by atoms with van der Waals surface area (Å²) in [5.41, 5.74) is 12.1. The van der Waals surface area contributed by atoms with Gasteiger partial charge in [-0.05, 0) is 65.2 Å². The monoisotopic (exact) mass is 735 g/mol. The van der Waals surface area contributed by atoms with Crippen LogP contribution in [0.4, 0.5) is 0 Å². The molecule has 1 fully saturated rings. The molecule has 8 aromatic carbocycles. The van der Waals surface area contributed by atoms with Crippen molar-refractivity contribution in [3.63, 3.8) is 0 Å². The molecule has 12 rings (SSSR count). The van der Waals surface area contributed by atoms with Crippen LogP contribution in [0.1, 0.15) is 35.2 Å². The lowest BCUT2D eigenvalue weighted by molar-refractivity contribution is 0.203. The number of hydrogen-bond acceptors (Lipinski definition) is 4. The minimum atomic E-state index is -0.105. The van der Waals surface area contributed by atoms with Gasteiger partial charge in [-0.2, -0.15) is 0 Å². The van der Waals surface area contributed by atoms with E-state index in [1.807, 2.05) is 6.07 Å². The largest absolute Gasteiger partial charge is 0.454 e. The van der Waals surface area contributed by atoms with Crippen LogP contribution < -0.4 is 16.0 Å². The molecule has 272 valence electrons. The van der Waals surface area contributed by atoms with E-state index in [9.17, 15) is 0 Å². The molecule has 0 spiro atoms. The van der Waals surface area contributed by atoms with Crippen molar-refractivity contribution >= 4 is 65.6 Å². The Hall–Kier alpha value is -6.96. The van der Waals surface area contributed by atoms with Crippen molar-refractivity contribution in [1.29, 1.82) is 0 Å². The van der Waals surface area contributed by atoms with Crippen LogP contribution in [0, 0.1) is 0 Å². The first kappa shape index (κ1) is 32.3. The summed E-state index contributed by atoms with van der Waals surface area (Å²) in [6.07, 6.45) is -0.195. The molecular formula is C51H37N5O. The lowest BCUT2D eigenvalue weighted by Crippen LogP contribution is -2.54. The minimum Gasteiger partial charge on any atom is -0.454 e. The van der Waals surface area contributed by atoms with Crippen molar-refractivity contribution in [2.75, 3.05) is 0 Å². The zero-order valence-corrected chi connectivity index (χ0v) is 30.9. The Labute approximate surface area is 328 Å². The predicted octanol–water partition coefficient (Wildman–Crippen LogP) is 12.0. The second-order valence-corrected chi connectivity index (χ2v) is 15.0. The summed E-state index contributed by atoms with van der Waals surface area (Å²) in [5.74, 6) is 0. The zero-order chi connectivity index (χ0) is 37.5. The Morgan fingerprint density at radius 2 is 0.860 bits per heavy atom. The summed E-state index contributed by atoms with van der Waals surface area (Å²) in [4.78, 5) is 0. The fourth-order valence-electron chi connectivity index (χ4n) is 9.26. The molecule has 1 aliphatic heterocycles. The van der Waals surface area contributed by atoms with Crippen molar-refractivity contribution in [2.24, 2.45) is 0 Å². The van der Waals surface area contributed by atoms with Crippen LogP contribution in [0.25, 0.3) is 76.9 Å².